The second-order valence-corrected chi connectivity index (χ2v) is 9.41. The van der Waals surface area contributed by atoms with Crippen LogP contribution in [-0.4, -0.2) is 30.1 Å². The number of para-hydroxylation sites is 2. The molecular weight excluding hydrogens is 460 g/mol. The Labute approximate surface area is 187 Å². The van der Waals surface area contributed by atoms with Crippen molar-refractivity contribution in [1.29, 1.82) is 0 Å². The molecule has 0 saturated heterocycles. The number of carbonyl (C=O) groups is 1. The lowest BCUT2D eigenvalue weighted by atomic mass is 10.1. The maximum atomic E-state index is 13.7. The second kappa shape index (κ2) is 8.33. The molecule has 32 heavy (non-hydrogen) atoms. The standard InChI is InChI=1S/C22H16ClF2N3O3S/c1-32(30,31)19-12-14(8-11-16(19)23)21(29)26-15-9-6-13(7-10-15)20-27-17-4-2-3-5-18(17)28(20)22(24)25/h2-12,22H,1H3,(H,26,29). The number of fused-ring (bicyclic) bond motifs is 1. The first-order valence-electron chi connectivity index (χ1n) is 9.31. The average molecular weight is 476 g/mol. The van der Waals surface area contributed by atoms with Crippen LogP contribution in [0.15, 0.2) is 71.6 Å². The summed E-state index contributed by atoms with van der Waals surface area (Å²) in [6.07, 6.45) is 1.00. The predicted octanol–water partition coefficient (Wildman–Crippen LogP) is 5.41. The van der Waals surface area contributed by atoms with Gasteiger partial charge in [0.15, 0.2) is 9.84 Å². The largest absolute Gasteiger partial charge is 0.322 e. The Balaban J connectivity index is 1.61. The summed E-state index contributed by atoms with van der Waals surface area (Å²) in [5.74, 6) is -0.436. The van der Waals surface area contributed by atoms with Gasteiger partial charge >= 0.3 is 6.55 Å². The number of amides is 1. The maximum absolute atomic E-state index is 13.7. The summed E-state index contributed by atoms with van der Waals surface area (Å²) >= 11 is 5.91. The van der Waals surface area contributed by atoms with Gasteiger partial charge in [0, 0.05) is 23.1 Å². The van der Waals surface area contributed by atoms with Gasteiger partial charge in [-0.3, -0.25) is 9.36 Å². The molecule has 6 nitrogen and oxygen atoms in total. The predicted molar refractivity (Wildman–Crippen MR) is 119 cm³/mol. The number of carbonyl (C=O) groups excluding carboxylic acids is 1. The van der Waals surface area contributed by atoms with E-state index in [4.69, 9.17) is 11.6 Å². The molecule has 1 amide bonds. The Morgan fingerprint density at radius 1 is 1.06 bits per heavy atom. The normalized spacial score (nSPS) is 11.8. The van der Waals surface area contributed by atoms with Gasteiger partial charge in [0.05, 0.1) is 21.0 Å². The number of aromatic nitrogens is 2. The van der Waals surface area contributed by atoms with E-state index in [0.29, 0.717) is 22.3 Å². The van der Waals surface area contributed by atoms with E-state index in [1.807, 2.05) is 0 Å². The smallest absolute Gasteiger partial charge is 0.320 e. The summed E-state index contributed by atoms with van der Waals surface area (Å²) in [6, 6.07) is 16.8. The summed E-state index contributed by atoms with van der Waals surface area (Å²) in [6.45, 7) is -2.77. The Kier molecular flexibility index (Phi) is 5.70. The zero-order chi connectivity index (χ0) is 23.0. The molecule has 0 spiro atoms. The molecule has 10 heteroatoms. The average Bonchev–Trinajstić information content (AvgIpc) is 3.13. The number of sulfone groups is 1. The highest BCUT2D eigenvalue weighted by Gasteiger charge is 2.19. The van der Waals surface area contributed by atoms with E-state index in [2.05, 4.69) is 10.3 Å². The highest BCUT2D eigenvalue weighted by Crippen LogP contribution is 2.30. The summed E-state index contributed by atoms with van der Waals surface area (Å²) in [5.41, 5.74) is 1.72. The molecule has 0 unspecified atom stereocenters. The number of alkyl halides is 2. The minimum atomic E-state index is -3.60. The SMILES string of the molecule is CS(=O)(=O)c1cc(C(=O)Nc2ccc(-c3nc4ccccc4n3C(F)F)cc2)ccc1Cl. The molecule has 4 rings (SSSR count). The van der Waals surface area contributed by atoms with Crippen molar-refractivity contribution in [3.8, 4) is 11.4 Å². The Morgan fingerprint density at radius 2 is 1.75 bits per heavy atom. The number of nitrogens with one attached hydrogen (secondary N) is 1. The summed E-state index contributed by atoms with van der Waals surface area (Å²) in [7, 11) is -3.60. The molecule has 3 aromatic carbocycles. The zero-order valence-electron chi connectivity index (χ0n) is 16.6. The van der Waals surface area contributed by atoms with Crippen molar-refractivity contribution in [3.63, 3.8) is 0 Å². The number of hydrogen-bond acceptors (Lipinski definition) is 4. The molecule has 0 fully saturated rings. The van der Waals surface area contributed by atoms with Crippen LogP contribution < -0.4 is 5.32 Å². The third-order valence-electron chi connectivity index (χ3n) is 4.78. The number of hydrogen-bond donors (Lipinski definition) is 1. The van der Waals surface area contributed by atoms with Crippen molar-refractivity contribution in [3.05, 3.63) is 77.3 Å². The minimum absolute atomic E-state index is 0.0234. The molecule has 164 valence electrons. The van der Waals surface area contributed by atoms with Crippen molar-refractivity contribution < 1.29 is 22.0 Å². The number of anilines is 1. The molecule has 0 bridgehead atoms. The number of benzene rings is 3. The quantitative estimate of drug-likeness (QED) is 0.418. The van der Waals surface area contributed by atoms with E-state index in [0.717, 1.165) is 10.8 Å². The van der Waals surface area contributed by atoms with Crippen LogP contribution in [-0.2, 0) is 9.84 Å². The van der Waals surface area contributed by atoms with Crippen LogP contribution in [0, 0.1) is 0 Å². The van der Waals surface area contributed by atoms with Gasteiger partial charge in [-0.25, -0.2) is 13.4 Å². The summed E-state index contributed by atoms with van der Waals surface area (Å²) in [4.78, 5) is 16.7. The van der Waals surface area contributed by atoms with Crippen molar-refractivity contribution in [2.24, 2.45) is 0 Å². The van der Waals surface area contributed by atoms with Crippen LogP contribution in [0.25, 0.3) is 22.4 Å². The maximum Gasteiger partial charge on any atom is 0.320 e. The fraction of sp³-hybridized carbons (Fsp3) is 0.0909. The van der Waals surface area contributed by atoms with Gasteiger partial charge in [0.25, 0.3) is 5.91 Å². The van der Waals surface area contributed by atoms with Crippen molar-refractivity contribution >= 4 is 44.1 Å². The zero-order valence-corrected chi connectivity index (χ0v) is 18.2. The monoisotopic (exact) mass is 475 g/mol. The Bertz CT molecular complexity index is 1430. The van der Waals surface area contributed by atoms with Crippen LogP contribution in [0.4, 0.5) is 14.5 Å². The first kappa shape index (κ1) is 21.9. The van der Waals surface area contributed by atoms with Gasteiger partial charge in [-0.15, -0.1) is 0 Å². The van der Waals surface area contributed by atoms with E-state index >= 15 is 0 Å². The number of halogens is 3. The Morgan fingerprint density at radius 3 is 2.41 bits per heavy atom. The van der Waals surface area contributed by atoms with Crippen LogP contribution in [0.3, 0.4) is 0 Å². The van der Waals surface area contributed by atoms with E-state index in [-0.39, 0.29) is 21.3 Å². The van der Waals surface area contributed by atoms with E-state index in [1.54, 1.807) is 48.5 Å². The third-order valence-corrected chi connectivity index (χ3v) is 6.36. The van der Waals surface area contributed by atoms with Crippen LogP contribution in [0.1, 0.15) is 16.9 Å². The first-order chi connectivity index (χ1) is 15.1. The van der Waals surface area contributed by atoms with Gasteiger partial charge in [-0.2, -0.15) is 8.78 Å². The van der Waals surface area contributed by atoms with Crippen molar-refractivity contribution in [1.82, 2.24) is 9.55 Å². The van der Waals surface area contributed by atoms with E-state index < -0.39 is 22.3 Å². The molecule has 0 saturated carbocycles. The highest BCUT2D eigenvalue weighted by molar-refractivity contribution is 7.90. The second-order valence-electron chi connectivity index (χ2n) is 7.02. The molecule has 0 aliphatic carbocycles. The van der Waals surface area contributed by atoms with Crippen LogP contribution in [0.5, 0.6) is 0 Å². The fourth-order valence-corrected chi connectivity index (χ4v) is 4.58. The molecule has 0 aliphatic rings. The highest BCUT2D eigenvalue weighted by atomic mass is 35.5. The summed E-state index contributed by atoms with van der Waals surface area (Å²) < 4.78 is 51.8. The van der Waals surface area contributed by atoms with Gasteiger partial charge < -0.3 is 5.32 Å². The molecule has 1 N–H and O–H groups in total. The molecule has 1 heterocycles. The number of nitrogens with zero attached hydrogens (tertiary/aromatic N) is 2. The van der Waals surface area contributed by atoms with E-state index in [9.17, 15) is 22.0 Å². The molecule has 1 aromatic heterocycles. The molecule has 0 atom stereocenters. The van der Waals surface area contributed by atoms with Gasteiger partial charge in [-0.1, -0.05) is 23.7 Å². The lowest BCUT2D eigenvalue weighted by molar-refractivity contribution is 0.0764. The van der Waals surface area contributed by atoms with Crippen molar-refractivity contribution in [2.75, 3.05) is 11.6 Å². The molecule has 4 aromatic rings. The lowest BCUT2D eigenvalue weighted by Crippen LogP contribution is -2.13. The van der Waals surface area contributed by atoms with Gasteiger partial charge in [0.2, 0.25) is 0 Å². The number of imidazole rings is 1. The van der Waals surface area contributed by atoms with Crippen molar-refractivity contribution in [2.45, 2.75) is 11.4 Å². The van der Waals surface area contributed by atoms with E-state index in [1.165, 1.54) is 18.2 Å². The van der Waals surface area contributed by atoms with Crippen LogP contribution >= 0.6 is 11.6 Å². The third kappa shape index (κ3) is 4.21. The minimum Gasteiger partial charge on any atom is -0.322 e. The molecule has 0 aliphatic heterocycles. The molecular formula is C22H16ClF2N3O3S. The molecule has 0 radical (unpaired) electrons. The lowest BCUT2D eigenvalue weighted by Gasteiger charge is -2.10. The topological polar surface area (TPSA) is 81.1 Å². The van der Waals surface area contributed by atoms with Gasteiger partial charge in [-0.05, 0) is 54.6 Å². The first-order valence-corrected chi connectivity index (χ1v) is 11.6. The van der Waals surface area contributed by atoms with Crippen LogP contribution in [0.2, 0.25) is 5.02 Å². The summed E-state index contributed by atoms with van der Waals surface area (Å²) in [5, 5.41) is 2.67. The Hall–Kier alpha value is -3.30. The van der Waals surface area contributed by atoms with Gasteiger partial charge in [0.1, 0.15) is 5.82 Å². The fourth-order valence-electron chi connectivity index (χ4n) is 3.28. The number of rotatable bonds is 5.